The fourth-order valence-electron chi connectivity index (χ4n) is 4.50. The summed E-state index contributed by atoms with van der Waals surface area (Å²) in [4.78, 5) is 36.5. The molecule has 1 saturated carbocycles. The number of carbonyl (C=O) groups is 3. The molecule has 31 heavy (non-hydrogen) atoms. The molecule has 0 aromatic carbocycles. The summed E-state index contributed by atoms with van der Waals surface area (Å²) in [5.41, 5.74) is 0.239. The van der Waals surface area contributed by atoms with Crippen LogP contribution in [0.5, 0.6) is 0 Å². The number of carboxylic acid groups (broad SMARTS) is 1. The molecule has 0 bridgehead atoms. The topological polar surface area (TPSA) is 119 Å². The molecule has 0 aromatic heterocycles. The first-order valence-electron chi connectivity index (χ1n) is 10.4. The third-order valence-electron chi connectivity index (χ3n) is 5.92. The minimum Gasteiger partial charge on any atom is -0.486 e. The number of methoxy groups -OCH3 is 1. The third-order valence-corrected chi connectivity index (χ3v) is 5.92. The van der Waals surface area contributed by atoms with E-state index in [4.69, 9.17) is 19.3 Å². The summed E-state index contributed by atoms with van der Waals surface area (Å²) in [5, 5.41) is 19.4. The zero-order valence-electron chi connectivity index (χ0n) is 17.6. The predicted molar refractivity (Wildman–Crippen MR) is 110 cm³/mol. The minimum absolute atomic E-state index is 0.106. The van der Waals surface area contributed by atoms with Crippen molar-refractivity contribution in [3.05, 3.63) is 47.8 Å². The van der Waals surface area contributed by atoms with E-state index >= 15 is 0 Å². The van der Waals surface area contributed by atoms with E-state index in [2.05, 4.69) is 0 Å². The Morgan fingerprint density at radius 1 is 1.10 bits per heavy atom. The molecule has 3 aliphatic rings. The molecule has 8 heteroatoms. The van der Waals surface area contributed by atoms with Crippen LogP contribution < -0.4 is 0 Å². The van der Waals surface area contributed by atoms with Gasteiger partial charge in [0, 0.05) is 25.5 Å². The number of Topliss-reactive ketones (excluding diaryl/α,β-unsaturated/α-hetero) is 1. The van der Waals surface area contributed by atoms with E-state index < -0.39 is 42.1 Å². The second-order valence-electron chi connectivity index (χ2n) is 8.01. The molecule has 6 unspecified atom stereocenters. The van der Waals surface area contributed by atoms with E-state index in [0.29, 0.717) is 19.3 Å². The highest BCUT2D eigenvalue weighted by atomic mass is 16.6. The number of aliphatic hydroxyl groups excluding tert-OH is 1. The average Bonchev–Trinajstić information content (AvgIpc) is 3.08. The summed E-state index contributed by atoms with van der Waals surface area (Å²) in [7, 11) is 1.49. The number of ketones is 1. The first kappa shape index (κ1) is 23.0. The number of allylic oxidation sites excluding steroid dienone is 5. The van der Waals surface area contributed by atoms with Crippen LogP contribution in [0.3, 0.4) is 0 Å². The van der Waals surface area contributed by atoms with Gasteiger partial charge in [0.05, 0.1) is 23.7 Å². The van der Waals surface area contributed by atoms with Crippen molar-refractivity contribution in [3.8, 4) is 0 Å². The van der Waals surface area contributed by atoms with Gasteiger partial charge in [0.2, 0.25) is 0 Å². The van der Waals surface area contributed by atoms with Crippen molar-refractivity contribution < 1.29 is 38.8 Å². The lowest BCUT2D eigenvalue weighted by molar-refractivity contribution is -0.152. The van der Waals surface area contributed by atoms with Crippen LogP contribution in [0, 0.1) is 11.8 Å². The molecule has 1 aliphatic carbocycles. The van der Waals surface area contributed by atoms with Gasteiger partial charge in [0.15, 0.2) is 0 Å². The van der Waals surface area contributed by atoms with Crippen molar-refractivity contribution in [1.82, 2.24) is 0 Å². The Balaban J connectivity index is 1.99. The Morgan fingerprint density at radius 2 is 1.84 bits per heavy atom. The number of carbonyl (C=O) groups excluding carboxylic acids is 2. The van der Waals surface area contributed by atoms with Crippen LogP contribution in [0.15, 0.2) is 47.8 Å². The Bertz CT molecular complexity index is 837. The molecule has 168 valence electrons. The quantitative estimate of drug-likeness (QED) is 0.385. The van der Waals surface area contributed by atoms with Crippen molar-refractivity contribution >= 4 is 17.7 Å². The number of aliphatic carboxylic acids is 1. The van der Waals surface area contributed by atoms with Gasteiger partial charge in [-0.25, -0.2) is 9.59 Å². The predicted octanol–water partition coefficient (Wildman–Crippen LogP) is 2.09. The smallest absolute Gasteiger partial charge is 0.338 e. The number of rotatable bonds is 5. The Morgan fingerprint density at radius 3 is 2.55 bits per heavy atom. The van der Waals surface area contributed by atoms with Crippen LogP contribution in [0.2, 0.25) is 0 Å². The molecule has 2 heterocycles. The van der Waals surface area contributed by atoms with Crippen molar-refractivity contribution in [2.24, 2.45) is 11.8 Å². The first-order chi connectivity index (χ1) is 14.8. The molecule has 2 aliphatic heterocycles. The van der Waals surface area contributed by atoms with E-state index in [1.807, 2.05) is 0 Å². The molecule has 1 saturated heterocycles. The molecule has 3 rings (SSSR count). The maximum absolute atomic E-state index is 13.1. The van der Waals surface area contributed by atoms with Gasteiger partial charge in [-0.15, -0.1) is 0 Å². The molecule has 6 atom stereocenters. The van der Waals surface area contributed by atoms with Crippen molar-refractivity contribution in [2.75, 3.05) is 7.11 Å². The van der Waals surface area contributed by atoms with Gasteiger partial charge in [-0.1, -0.05) is 24.3 Å². The first-order valence-corrected chi connectivity index (χ1v) is 10.4. The lowest BCUT2D eigenvalue weighted by atomic mass is 9.69. The molecule has 2 N–H and O–H groups in total. The monoisotopic (exact) mass is 432 g/mol. The fourth-order valence-corrected chi connectivity index (χ4v) is 4.50. The highest BCUT2D eigenvalue weighted by molar-refractivity contribution is 5.94. The largest absolute Gasteiger partial charge is 0.486 e. The molecule has 2 fully saturated rings. The number of ether oxygens (including phenoxy) is 3. The Kier molecular flexibility index (Phi) is 7.46. The van der Waals surface area contributed by atoms with Gasteiger partial charge in [0.25, 0.3) is 0 Å². The van der Waals surface area contributed by atoms with E-state index in [0.717, 1.165) is 6.08 Å². The lowest BCUT2D eigenvalue weighted by Crippen LogP contribution is -2.52. The molecule has 0 radical (unpaired) electrons. The number of aliphatic hydroxyl groups is 1. The zero-order chi connectivity index (χ0) is 22.5. The second-order valence-corrected chi connectivity index (χ2v) is 8.01. The normalized spacial score (nSPS) is 34.3. The van der Waals surface area contributed by atoms with Gasteiger partial charge in [-0.3, -0.25) is 4.79 Å². The van der Waals surface area contributed by atoms with Gasteiger partial charge in [-0.2, -0.15) is 0 Å². The van der Waals surface area contributed by atoms with Gasteiger partial charge < -0.3 is 24.4 Å². The Labute approximate surface area is 180 Å². The number of hydrogen-bond acceptors (Lipinski definition) is 7. The molecule has 0 amide bonds. The molecular formula is C23H28O8. The molecule has 8 nitrogen and oxygen atoms in total. The zero-order valence-corrected chi connectivity index (χ0v) is 17.6. The number of hydrogen-bond donors (Lipinski definition) is 2. The number of esters is 1. The minimum atomic E-state index is -1.06. The maximum Gasteiger partial charge on any atom is 0.338 e. The third kappa shape index (κ3) is 5.14. The van der Waals surface area contributed by atoms with Crippen molar-refractivity contribution in [3.63, 3.8) is 0 Å². The Hall–Kier alpha value is -2.71. The van der Waals surface area contributed by atoms with E-state index in [1.165, 1.54) is 19.3 Å². The summed E-state index contributed by atoms with van der Waals surface area (Å²) in [5.74, 6) is -2.90. The number of carboxylic acids is 1. The van der Waals surface area contributed by atoms with Crippen LogP contribution in [0.25, 0.3) is 0 Å². The van der Waals surface area contributed by atoms with Crippen molar-refractivity contribution in [1.29, 1.82) is 0 Å². The van der Waals surface area contributed by atoms with E-state index in [1.54, 1.807) is 25.2 Å². The molecular weight excluding hydrogens is 404 g/mol. The standard InChI is InChI=1S/C23H28O8/c1-13-8-7-9-14(24)19-15(25)12-17(29-2)22-21(19)20(23(28)30-13)16(31-22)10-5-3-4-6-11-18(26)27/h3-6,10-11,13-14,17,19,21-22,24H,7-9,12H2,1-2H3,(H,26,27)/b4-3+,10-5+,11-6+. The van der Waals surface area contributed by atoms with Gasteiger partial charge in [0.1, 0.15) is 23.8 Å². The van der Waals surface area contributed by atoms with Gasteiger partial charge in [-0.05, 0) is 32.3 Å². The summed E-state index contributed by atoms with van der Waals surface area (Å²) in [6.07, 6.45) is 8.13. The lowest BCUT2D eigenvalue weighted by Gasteiger charge is -2.39. The maximum atomic E-state index is 13.1. The summed E-state index contributed by atoms with van der Waals surface area (Å²) >= 11 is 0. The van der Waals surface area contributed by atoms with Crippen LogP contribution >= 0.6 is 0 Å². The summed E-state index contributed by atoms with van der Waals surface area (Å²) in [6, 6.07) is 0. The highest BCUT2D eigenvalue weighted by Gasteiger charge is 2.56. The van der Waals surface area contributed by atoms with Crippen LogP contribution in [0.4, 0.5) is 0 Å². The van der Waals surface area contributed by atoms with Gasteiger partial charge >= 0.3 is 11.9 Å². The molecule has 0 spiro atoms. The summed E-state index contributed by atoms with van der Waals surface area (Å²) < 4.78 is 17.2. The fraction of sp³-hybridized carbons (Fsp3) is 0.522. The SMILES string of the molecule is COC1CC(=O)C2C(O)CCCC(C)OC(=O)C3=C(/C=C/C=C/C=C/C(=O)O)OC1C32. The van der Waals surface area contributed by atoms with E-state index in [-0.39, 0.29) is 29.6 Å². The van der Waals surface area contributed by atoms with Crippen LogP contribution in [0.1, 0.15) is 32.6 Å². The molecule has 0 aromatic rings. The van der Waals surface area contributed by atoms with Crippen LogP contribution in [-0.4, -0.2) is 59.5 Å². The average molecular weight is 432 g/mol. The number of cyclic esters (lactones) is 1. The van der Waals surface area contributed by atoms with Crippen LogP contribution in [-0.2, 0) is 28.6 Å². The second kappa shape index (κ2) is 10.1. The highest BCUT2D eigenvalue weighted by Crippen LogP contribution is 2.46. The van der Waals surface area contributed by atoms with Crippen molar-refractivity contribution in [2.45, 2.75) is 57.0 Å². The van der Waals surface area contributed by atoms with E-state index in [9.17, 15) is 19.5 Å². The summed E-state index contributed by atoms with van der Waals surface area (Å²) in [6.45, 7) is 1.80.